The van der Waals surface area contributed by atoms with Crippen molar-refractivity contribution in [3.05, 3.63) is 0 Å². The molecule has 1 saturated carbocycles. The van der Waals surface area contributed by atoms with Crippen molar-refractivity contribution in [3.63, 3.8) is 0 Å². The Balaban J connectivity index is 3.01. The van der Waals surface area contributed by atoms with E-state index in [4.69, 9.17) is 9.29 Å². The lowest BCUT2D eigenvalue weighted by atomic mass is 9.87. The zero-order chi connectivity index (χ0) is 22.0. The van der Waals surface area contributed by atoms with E-state index in [1.165, 1.54) is 6.92 Å². The van der Waals surface area contributed by atoms with Crippen LogP contribution in [0.5, 0.6) is 0 Å². The molecule has 0 aromatic rings. The third kappa shape index (κ3) is 5.96. The number of carbonyl (C=O) groups is 2. The summed E-state index contributed by atoms with van der Waals surface area (Å²) in [6, 6.07) is 0. The number of ether oxygens (including phenoxy) is 2. The van der Waals surface area contributed by atoms with E-state index in [0.717, 1.165) is 0 Å². The van der Waals surface area contributed by atoms with Crippen LogP contribution in [0.4, 0.5) is 26.3 Å². The second kappa shape index (κ2) is 8.43. The fourth-order valence-corrected chi connectivity index (χ4v) is 3.57. The van der Waals surface area contributed by atoms with Crippen molar-refractivity contribution < 1.29 is 58.4 Å². The van der Waals surface area contributed by atoms with E-state index in [1.54, 1.807) is 0 Å². The number of hydrogen-bond acceptors (Lipinski definition) is 6. The maximum Gasteiger partial charge on any atom is 0.438 e. The van der Waals surface area contributed by atoms with Crippen LogP contribution in [0.15, 0.2) is 0 Å². The van der Waals surface area contributed by atoms with Crippen molar-refractivity contribution in [1.29, 1.82) is 0 Å². The molecule has 0 amide bonds. The molecule has 0 unspecified atom stereocenters. The Kier molecular flexibility index (Phi) is 7.37. The van der Waals surface area contributed by atoms with E-state index in [9.17, 15) is 44.3 Å². The van der Waals surface area contributed by atoms with Gasteiger partial charge in [-0.1, -0.05) is 6.92 Å². The Morgan fingerprint density at radius 2 is 1.46 bits per heavy atom. The molecule has 0 spiro atoms. The number of halogens is 6. The van der Waals surface area contributed by atoms with Gasteiger partial charge in [-0.3, -0.25) is 14.1 Å². The second-order valence-electron chi connectivity index (χ2n) is 6.29. The molecule has 0 radical (unpaired) electrons. The zero-order valence-electron chi connectivity index (χ0n) is 14.5. The molecule has 1 aliphatic rings. The smallest absolute Gasteiger partial charge is 0.438 e. The summed E-state index contributed by atoms with van der Waals surface area (Å²) in [6.45, 7) is 1.52. The molecule has 0 bridgehead atoms. The minimum atomic E-state index is -6.36. The molecule has 1 rings (SSSR count). The normalized spacial score (nSPS) is 21.9. The van der Waals surface area contributed by atoms with Crippen LogP contribution in [0.25, 0.3) is 0 Å². The second-order valence-corrected chi connectivity index (χ2v) is 7.74. The Hall–Kier alpha value is -1.57. The lowest BCUT2D eigenvalue weighted by Crippen LogP contribution is -2.63. The van der Waals surface area contributed by atoms with E-state index >= 15 is 0 Å². The third-order valence-electron chi connectivity index (χ3n) is 4.17. The highest BCUT2D eigenvalue weighted by atomic mass is 32.2. The van der Waals surface area contributed by atoms with Gasteiger partial charge in [0.15, 0.2) is 0 Å². The first-order valence-corrected chi connectivity index (χ1v) is 9.64. The van der Waals surface area contributed by atoms with Gasteiger partial charge in [0.2, 0.25) is 0 Å². The van der Waals surface area contributed by atoms with Gasteiger partial charge in [-0.15, -0.1) is 0 Å². The molecular formula is C14H18F6O7S. The van der Waals surface area contributed by atoms with Crippen LogP contribution in [-0.4, -0.2) is 54.7 Å². The van der Waals surface area contributed by atoms with Gasteiger partial charge < -0.3 is 9.47 Å². The van der Waals surface area contributed by atoms with Crippen LogP contribution in [0.2, 0.25) is 0 Å². The molecule has 1 fully saturated rings. The predicted octanol–water partition coefficient (Wildman–Crippen LogP) is 2.79. The molecule has 14 heteroatoms. The minimum absolute atomic E-state index is 0.00877. The Morgan fingerprint density at radius 3 is 1.82 bits per heavy atom. The summed E-state index contributed by atoms with van der Waals surface area (Å²) in [7, 11) is -5.82. The van der Waals surface area contributed by atoms with Gasteiger partial charge in [0.05, 0.1) is 5.92 Å². The minimum Gasteiger partial charge on any atom is -0.462 e. The van der Waals surface area contributed by atoms with E-state index in [-0.39, 0.29) is 32.1 Å². The monoisotopic (exact) mass is 444 g/mol. The average Bonchev–Trinajstić information content (AvgIpc) is 2.51. The summed E-state index contributed by atoms with van der Waals surface area (Å²) >= 11 is 0. The first-order valence-electron chi connectivity index (χ1n) is 8.03. The molecule has 0 heterocycles. The van der Waals surface area contributed by atoms with Crippen LogP contribution in [0.1, 0.15) is 39.0 Å². The standard InChI is InChI=1S/C14H18F6O7S/c1-2-10(21)26-9-5-3-8(4-6-9)11(22)27-12(13(15,16)17,14(18,19)20)7-28(23,24)25/h8-9H,2-7H2,1H3,(H,23,24,25). The van der Waals surface area contributed by atoms with Crippen LogP contribution >= 0.6 is 0 Å². The van der Waals surface area contributed by atoms with Gasteiger partial charge in [0, 0.05) is 6.42 Å². The van der Waals surface area contributed by atoms with Crippen LogP contribution in [0.3, 0.4) is 0 Å². The van der Waals surface area contributed by atoms with Crippen LogP contribution in [0, 0.1) is 5.92 Å². The Labute approximate surface area is 156 Å². The largest absolute Gasteiger partial charge is 0.462 e. The predicted molar refractivity (Wildman–Crippen MR) is 79.5 cm³/mol. The van der Waals surface area contributed by atoms with E-state index in [2.05, 4.69) is 4.74 Å². The summed E-state index contributed by atoms with van der Waals surface area (Å²) in [5, 5.41) is 0. The summed E-state index contributed by atoms with van der Waals surface area (Å²) in [6.07, 6.45) is -13.7. The fraction of sp³-hybridized carbons (Fsp3) is 0.857. The highest BCUT2D eigenvalue weighted by Crippen LogP contribution is 2.47. The van der Waals surface area contributed by atoms with Gasteiger partial charge in [-0.2, -0.15) is 34.8 Å². The molecule has 1 N–H and O–H groups in total. The maximum absolute atomic E-state index is 13.1. The summed E-state index contributed by atoms with van der Waals surface area (Å²) in [5.41, 5.74) is -5.41. The number of alkyl halides is 6. The van der Waals surface area contributed by atoms with Crippen molar-refractivity contribution in [2.24, 2.45) is 5.92 Å². The highest BCUT2D eigenvalue weighted by Gasteiger charge is 2.76. The van der Waals surface area contributed by atoms with Crippen molar-refractivity contribution in [2.45, 2.75) is 63.1 Å². The first kappa shape index (κ1) is 24.5. The lowest BCUT2D eigenvalue weighted by molar-refractivity contribution is -0.362. The quantitative estimate of drug-likeness (QED) is 0.381. The fourth-order valence-electron chi connectivity index (χ4n) is 2.67. The van der Waals surface area contributed by atoms with Crippen molar-refractivity contribution in [2.75, 3.05) is 5.75 Å². The van der Waals surface area contributed by atoms with Gasteiger partial charge >= 0.3 is 29.9 Å². The van der Waals surface area contributed by atoms with Gasteiger partial charge in [-0.05, 0) is 25.7 Å². The van der Waals surface area contributed by atoms with Crippen LogP contribution in [-0.2, 0) is 29.2 Å². The van der Waals surface area contributed by atoms with Gasteiger partial charge in [0.25, 0.3) is 10.1 Å². The molecular weight excluding hydrogens is 426 g/mol. The molecule has 164 valence electrons. The maximum atomic E-state index is 13.1. The molecule has 0 aromatic carbocycles. The molecule has 0 aliphatic heterocycles. The summed E-state index contributed by atoms with van der Waals surface area (Å²) in [4.78, 5) is 23.2. The van der Waals surface area contributed by atoms with E-state index < -0.39 is 57.8 Å². The van der Waals surface area contributed by atoms with Crippen molar-refractivity contribution in [1.82, 2.24) is 0 Å². The molecule has 0 atom stereocenters. The average molecular weight is 444 g/mol. The first-order chi connectivity index (χ1) is 12.5. The number of carbonyl (C=O) groups excluding carboxylic acids is 2. The summed E-state index contributed by atoms with van der Waals surface area (Å²) < 4.78 is 118. The molecule has 7 nitrogen and oxygen atoms in total. The van der Waals surface area contributed by atoms with Crippen LogP contribution < -0.4 is 0 Å². The van der Waals surface area contributed by atoms with E-state index in [1.807, 2.05) is 0 Å². The molecule has 0 saturated heterocycles. The lowest BCUT2D eigenvalue weighted by Gasteiger charge is -2.37. The number of esters is 2. The number of rotatable bonds is 6. The SMILES string of the molecule is CCC(=O)OC1CCC(C(=O)OC(CS(=O)(=O)O)(C(F)(F)F)C(F)(F)F)CC1. The number of hydrogen-bond donors (Lipinski definition) is 1. The summed E-state index contributed by atoms with van der Waals surface area (Å²) in [5.74, 6) is -6.75. The topological polar surface area (TPSA) is 107 Å². The molecule has 1 aliphatic carbocycles. The molecule has 0 aromatic heterocycles. The Bertz CT molecular complexity index is 663. The molecule has 28 heavy (non-hydrogen) atoms. The van der Waals surface area contributed by atoms with E-state index in [0.29, 0.717) is 0 Å². The van der Waals surface area contributed by atoms with Gasteiger partial charge in [-0.25, -0.2) is 0 Å². The van der Waals surface area contributed by atoms with Crippen molar-refractivity contribution >= 4 is 22.1 Å². The third-order valence-corrected chi connectivity index (χ3v) is 4.94. The Morgan fingerprint density at radius 1 is 1.00 bits per heavy atom. The van der Waals surface area contributed by atoms with Crippen molar-refractivity contribution in [3.8, 4) is 0 Å². The zero-order valence-corrected chi connectivity index (χ0v) is 15.3. The van der Waals surface area contributed by atoms with Gasteiger partial charge in [0.1, 0.15) is 11.9 Å². The highest BCUT2D eigenvalue weighted by molar-refractivity contribution is 7.85.